The van der Waals surface area contributed by atoms with Crippen LogP contribution in [0.3, 0.4) is 0 Å². The molecule has 0 fully saturated rings. The minimum atomic E-state index is -0.976. The molecule has 0 aliphatic heterocycles. The number of carbonyl (C=O) groups excluding carboxylic acids is 1. The molecule has 1 unspecified atom stereocenters. The molecule has 0 saturated carbocycles. The Bertz CT molecular complexity index is 420. The van der Waals surface area contributed by atoms with Crippen LogP contribution in [0.5, 0.6) is 0 Å². The van der Waals surface area contributed by atoms with Gasteiger partial charge in [0.15, 0.2) is 0 Å². The smallest absolute Gasteiger partial charge is 0.303 e. The van der Waals surface area contributed by atoms with Gasteiger partial charge in [0, 0.05) is 11.4 Å². The number of benzene rings is 1. The van der Waals surface area contributed by atoms with E-state index in [0.717, 1.165) is 5.56 Å². The lowest BCUT2D eigenvalue weighted by molar-refractivity contribution is -0.138. The highest BCUT2D eigenvalue weighted by Gasteiger charge is 2.10. The van der Waals surface area contributed by atoms with E-state index in [0.29, 0.717) is 5.02 Å². The topological polar surface area (TPSA) is 66.4 Å². The number of halogens is 1. The number of rotatable bonds is 5. The highest BCUT2D eigenvalue weighted by Crippen LogP contribution is 2.17. The molecule has 1 rings (SSSR count). The number of aliphatic carboxylic acids is 1. The van der Waals surface area contributed by atoms with Crippen LogP contribution in [0.2, 0.25) is 5.02 Å². The maximum Gasteiger partial charge on any atom is 0.303 e. The molecular weight excluding hydrogens is 242 g/mol. The first-order valence-corrected chi connectivity index (χ1v) is 5.63. The van der Waals surface area contributed by atoms with E-state index in [1.807, 2.05) is 13.0 Å². The zero-order chi connectivity index (χ0) is 12.8. The van der Waals surface area contributed by atoms with Crippen molar-refractivity contribution in [3.63, 3.8) is 0 Å². The molecule has 2 N–H and O–H groups in total. The molecule has 1 amide bonds. The number of carboxylic acids is 1. The van der Waals surface area contributed by atoms with Crippen LogP contribution < -0.4 is 5.32 Å². The first-order valence-electron chi connectivity index (χ1n) is 5.25. The normalized spacial score (nSPS) is 11.9. The predicted molar refractivity (Wildman–Crippen MR) is 64.9 cm³/mol. The molecule has 0 bridgehead atoms. The maximum atomic E-state index is 11.4. The van der Waals surface area contributed by atoms with Crippen molar-refractivity contribution in [3.8, 4) is 0 Å². The van der Waals surface area contributed by atoms with E-state index in [9.17, 15) is 9.59 Å². The van der Waals surface area contributed by atoms with Crippen LogP contribution in [0.4, 0.5) is 0 Å². The lowest BCUT2D eigenvalue weighted by atomic mass is 10.1. The predicted octanol–water partition coefficient (Wildman–Crippen LogP) is 2.38. The van der Waals surface area contributed by atoms with Gasteiger partial charge in [0.2, 0.25) is 5.91 Å². The molecule has 0 aliphatic carbocycles. The van der Waals surface area contributed by atoms with E-state index in [2.05, 4.69) is 5.32 Å². The summed E-state index contributed by atoms with van der Waals surface area (Å²) in [4.78, 5) is 21.7. The van der Waals surface area contributed by atoms with Gasteiger partial charge in [0.1, 0.15) is 0 Å². The van der Waals surface area contributed by atoms with Gasteiger partial charge in [-0.3, -0.25) is 9.59 Å². The molecule has 4 nitrogen and oxygen atoms in total. The third kappa shape index (κ3) is 4.87. The summed E-state index contributed by atoms with van der Waals surface area (Å²) in [6, 6.07) is 6.99. The lowest BCUT2D eigenvalue weighted by Crippen LogP contribution is -2.26. The fourth-order valence-electron chi connectivity index (χ4n) is 1.39. The summed E-state index contributed by atoms with van der Waals surface area (Å²) >= 11 is 5.84. The Morgan fingerprint density at radius 1 is 1.41 bits per heavy atom. The van der Waals surface area contributed by atoms with Crippen molar-refractivity contribution in [3.05, 3.63) is 34.9 Å². The average molecular weight is 256 g/mol. The molecule has 5 heteroatoms. The first kappa shape index (κ1) is 13.5. The Balaban J connectivity index is 2.51. The summed E-state index contributed by atoms with van der Waals surface area (Å²) in [5.74, 6) is -1.25. The first-order chi connectivity index (χ1) is 7.99. The molecule has 1 atom stereocenters. The van der Waals surface area contributed by atoms with E-state index in [4.69, 9.17) is 16.7 Å². The van der Waals surface area contributed by atoms with E-state index in [1.165, 1.54) is 0 Å². The van der Waals surface area contributed by atoms with Crippen LogP contribution in [0.15, 0.2) is 24.3 Å². The van der Waals surface area contributed by atoms with Crippen molar-refractivity contribution in [2.75, 3.05) is 0 Å². The molecule has 0 aromatic heterocycles. The van der Waals surface area contributed by atoms with Crippen LogP contribution >= 0.6 is 11.6 Å². The Morgan fingerprint density at radius 3 is 2.71 bits per heavy atom. The van der Waals surface area contributed by atoms with Crippen molar-refractivity contribution < 1.29 is 14.7 Å². The van der Waals surface area contributed by atoms with Crippen molar-refractivity contribution in [2.45, 2.75) is 25.8 Å². The van der Waals surface area contributed by atoms with Crippen LogP contribution in [-0.2, 0) is 9.59 Å². The number of hydrogen-bond donors (Lipinski definition) is 2. The summed E-state index contributed by atoms with van der Waals surface area (Å²) < 4.78 is 0. The highest BCUT2D eigenvalue weighted by atomic mass is 35.5. The molecule has 0 spiro atoms. The average Bonchev–Trinajstić information content (AvgIpc) is 2.26. The summed E-state index contributed by atoms with van der Waals surface area (Å²) in [6.45, 7) is 1.82. The molecule has 92 valence electrons. The number of amides is 1. The molecule has 1 aromatic carbocycles. The summed E-state index contributed by atoms with van der Waals surface area (Å²) in [5, 5.41) is 11.8. The van der Waals surface area contributed by atoms with Gasteiger partial charge < -0.3 is 10.4 Å². The Kier molecular flexibility index (Phi) is 4.97. The second kappa shape index (κ2) is 6.25. The van der Waals surface area contributed by atoms with Gasteiger partial charge in [0.25, 0.3) is 0 Å². The number of hydrogen-bond acceptors (Lipinski definition) is 2. The largest absolute Gasteiger partial charge is 0.481 e. The van der Waals surface area contributed by atoms with Crippen molar-refractivity contribution in [2.24, 2.45) is 0 Å². The molecule has 0 aliphatic rings. The second-order valence-electron chi connectivity index (χ2n) is 3.74. The van der Waals surface area contributed by atoms with Crippen molar-refractivity contribution in [1.82, 2.24) is 5.32 Å². The minimum Gasteiger partial charge on any atom is -0.481 e. The molecule has 0 radical (unpaired) electrons. The number of nitrogens with one attached hydrogen (secondary N) is 1. The Hall–Kier alpha value is -1.55. The SMILES string of the molecule is CC(NC(=O)CCC(=O)O)c1cccc(Cl)c1. The number of carboxylic acid groups (broad SMARTS) is 1. The highest BCUT2D eigenvalue weighted by molar-refractivity contribution is 6.30. The van der Waals surface area contributed by atoms with Gasteiger partial charge in [-0.2, -0.15) is 0 Å². The van der Waals surface area contributed by atoms with E-state index < -0.39 is 5.97 Å². The monoisotopic (exact) mass is 255 g/mol. The zero-order valence-corrected chi connectivity index (χ0v) is 10.2. The Labute approximate surface area is 105 Å². The molecule has 0 saturated heterocycles. The van der Waals surface area contributed by atoms with Gasteiger partial charge in [-0.05, 0) is 24.6 Å². The number of carbonyl (C=O) groups is 2. The molecule has 1 aromatic rings. The van der Waals surface area contributed by atoms with Gasteiger partial charge >= 0.3 is 5.97 Å². The van der Waals surface area contributed by atoms with Crippen molar-refractivity contribution >= 4 is 23.5 Å². The van der Waals surface area contributed by atoms with Gasteiger partial charge in [-0.15, -0.1) is 0 Å². The molecule has 0 heterocycles. The van der Waals surface area contributed by atoms with E-state index >= 15 is 0 Å². The summed E-state index contributed by atoms with van der Waals surface area (Å²) in [6.07, 6.45) is -0.172. The van der Waals surface area contributed by atoms with Crippen LogP contribution in [0.25, 0.3) is 0 Å². The standard InChI is InChI=1S/C12H14ClNO3/c1-8(9-3-2-4-10(13)7-9)14-11(15)5-6-12(16)17/h2-4,7-8H,5-6H2,1H3,(H,14,15)(H,16,17). The summed E-state index contributed by atoms with van der Waals surface area (Å²) in [5.41, 5.74) is 0.890. The molecular formula is C12H14ClNO3. The minimum absolute atomic E-state index is 0.0137. The lowest BCUT2D eigenvalue weighted by Gasteiger charge is -2.14. The van der Waals surface area contributed by atoms with Crippen molar-refractivity contribution in [1.29, 1.82) is 0 Å². The van der Waals surface area contributed by atoms with Gasteiger partial charge in [-0.1, -0.05) is 23.7 Å². The van der Waals surface area contributed by atoms with E-state index in [1.54, 1.807) is 18.2 Å². The van der Waals surface area contributed by atoms with Crippen LogP contribution in [-0.4, -0.2) is 17.0 Å². The zero-order valence-electron chi connectivity index (χ0n) is 9.44. The van der Waals surface area contributed by atoms with Gasteiger partial charge in [-0.25, -0.2) is 0 Å². The Morgan fingerprint density at radius 2 is 2.12 bits per heavy atom. The second-order valence-corrected chi connectivity index (χ2v) is 4.17. The summed E-state index contributed by atoms with van der Waals surface area (Å²) in [7, 11) is 0. The van der Waals surface area contributed by atoms with Crippen LogP contribution in [0.1, 0.15) is 31.4 Å². The third-order valence-corrected chi connectivity index (χ3v) is 2.53. The van der Waals surface area contributed by atoms with Crippen LogP contribution in [0, 0.1) is 0 Å². The quantitative estimate of drug-likeness (QED) is 0.849. The fraction of sp³-hybridized carbons (Fsp3) is 0.333. The maximum absolute atomic E-state index is 11.4. The third-order valence-electron chi connectivity index (χ3n) is 2.29. The van der Waals surface area contributed by atoms with Gasteiger partial charge in [0.05, 0.1) is 12.5 Å². The van der Waals surface area contributed by atoms with E-state index in [-0.39, 0.29) is 24.8 Å². The fourth-order valence-corrected chi connectivity index (χ4v) is 1.59. The molecule has 17 heavy (non-hydrogen) atoms.